The van der Waals surface area contributed by atoms with E-state index in [0.717, 1.165) is 16.8 Å². The molecule has 0 N–H and O–H groups in total. The predicted molar refractivity (Wildman–Crippen MR) is 87.0 cm³/mol. The van der Waals surface area contributed by atoms with E-state index in [-0.39, 0.29) is 6.79 Å². The molecule has 0 spiro atoms. The monoisotopic (exact) mass is 311 g/mol. The number of esters is 1. The molecule has 0 amide bonds. The van der Waals surface area contributed by atoms with E-state index < -0.39 is 5.97 Å². The summed E-state index contributed by atoms with van der Waals surface area (Å²) >= 11 is 0. The van der Waals surface area contributed by atoms with Gasteiger partial charge in [0, 0.05) is 30.3 Å². The van der Waals surface area contributed by atoms with Gasteiger partial charge in [0.25, 0.3) is 0 Å². The van der Waals surface area contributed by atoms with Crippen molar-refractivity contribution in [3.63, 3.8) is 0 Å². The zero-order valence-corrected chi connectivity index (χ0v) is 13.0. The zero-order chi connectivity index (χ0) is 16.4. The van der Waals surface area contributed by atoms with Crippen molar-refractivity contribution in [1.82, 2.24) is 4.57 Å². The van der Waals surface area contributed by atoms with Crippen molar-refractivity contribution < 1.29 is 18.7 Å². The van der Waals surface area contributed by atoms with Gasteiger partial charge < -0.3 is 18.5 Å². The first-order valence-electron chi connectivity index (χ1n) is 7.15. The first-order valence-corrected chi connectivity index (χ1v) is 7.15. The molecule has 0 unspecified atom stereocenters. The molecule has 3 aromatic rings. The molecule has 0 radical (unpaired) electrons. The summed E-state index contributed by atoms with van der Waals surface area (Å²) in [6, 6.07) is 11.4. The Labute approximate surface area is 133 Å². The lowest BCUT2D eigenvalue weighted by atomic mass is 10.2. The average molecular weight is 311 g/mol. The fourth-order valence-electron chi connectivity index (χ4n) is 2.22. The highest BCUT2D eigenvalue weighted by Gasteiger charge is 2.10. The van der Waals surface area contributed by atoms with Crippen molar-refractivity contribution in [2.24, 2.45) is 7.05 Å². The Hall–Kier alpha value is -2.95. The number of benzene rings is 1. The van der Waals surface area contributed by atoms with E-state index in [1.54, 1.807) is 19.1 Å². The highest BCUT2D eigenvalue weighted by Crippen LogP contribution is 2.30. The number of fused-ring (bicyclic) bond motifs is 1. The topological polar surface area (TPSA) is 53.6 Å². The lowest BCUT2D eigenvalue weighted by Crippen LogP contribution is -2.10. The fraction of sp³-hybridized carbons (Fsp3) is 0.167. The van der Waals surface area contributed by atoms with E-state index >= 15 is 0 Å². The van der Waals surface area contributed by atoms with Crippen LogP contribution in [-0.4, -0.2) is 17.3 Å². The van der Waals surface area contributed by atoms with Crippen molar-refractivity contribution in [2.75, 3.05) is 6.79 Å². The van der Waals surface area contributed by atoms with E-state index in [1.165, 1.54) is 0 Å². The second-order valence-electron chi connectivity index (χ2n) is 5.29. The Morgan fingerprint density at radius 2 is 2.13 bits per heavy atom. The Kier molecular flexibility index (Phi) is 3.93. The van der Waals surface area contributed by atoms with Gasteiger partial charge in [0.1, 0.15) is 11.3 Å². The molecule has 5 nitrogen and oxygen atoms in total. The minimum atomic E-state index is -0.477. The third-order valence-corrected chi connectivity index (χ3v) is 3.45. The van der Waals surface area contributed by atoms with Crippen molar-refractivity contribution in [3.05, 3.63) is 54.7 Å². The normalized spacial score (nSPS) is 10.7. The lowest BCUT2D eigenvalue weighted by molar-refractivity contribution is -0.145. The molecule has 0 aliphatic rings. The van der Waals surface area contributed by atoms with Crippen LogP contribution in [0.4, 0.5) is 0 Å². The molecule has 5 heteroatoms. The molecule has 1 aromatic carbocycles. The Morgan fingerprint density at radius 3 is 2.83 bits per heavy atom. The maximum Gasteiger partial charge on any atom is 0.335 e. The summed E-state index contributed by atoms with van der Waals surface area (Å²) < 4.78 is 18.2. The highest BCUT2D eigenvalue weighted by molar-refractivity contribution is 5.87. The first kappa shape index (κ1) is 15.0. The molecule has 0 saturated carbocycles. The van der Waals surface area contributed by atoms with E-state index in [9.17, 15) is 4.79 Å². The number of furan rings is 1. The summed E-state index contributed by atoms with van der Waals surface area (Å²) in [7, 11) is 1.97. The standard InChI is InChI=1S/C18H17NO4/c1-12(2)18(20)22-11-21-14-7-6-13-9-17(23-16(13)10-14)15-5-4-8-19(15)3/h4-10H,1,11H2,2-3H3. The fourth-order valence-corrected chi connectivity index (χ4v) is 2.22. The summed E-state index contributed by atoms with van der Waals surface area (Å²) in [4.78, 5) is 11.3. The molecule has 3 rings (SSSR count). The minimum absolute atomic E-state index is 0.164. The Balaban J connectivity index is 1.76. The average Bonchev–Trinajstić information content (AvgIpc) is 3.11. The van der Waals surface area contributed by atoms with Gasteiger partial charge in [-0.3, -0.25) is 0 Å². The molecule has 0 saturated heterocycles. The van der Waals surface area contributed by atoms with Crippen LogP contribution in [0.2, 0.25) is 0 Å². The van der Waals surface area contributed by atoms with Crippen LogP contribution in [0, 0.1) is 0 Å². The number of ether oxygens (including phenoxy) is 2. The molecule has 0 aliphatic carbocycles. The number of rotatable bonds is 5. The molecule has 23 heavy (non-hydrogen) atoms. The zero-order valence-electron chi connectivity index (χ0n) is 13.0. The van der Waals surface area contributed by atoms with Crippen LogP contribution in [0.15, 0.2) is 59.2 Å². The SMILES string of the molecule is C=C(C)C(=O)OCOc1ccc2cc(-c3cccn3C)oc2c1. The van der Waals surface area contributed by atoms with Gasteiger partial charge in [-0.25, -0.2) is 4.79 Å². The highest BCUT2D eigenvalue weighted by atomic mass is 16.7. The van der Waals surface area contributed by atoms with Gasteiger partial charge >= 0.3 is 5.97 Å². The van der Waals surface area contributed by atoms with Gasteiger partial charge in [-0.2, -0.15) is 0 Å². The van der Waals surface area contributed by atoms with Crippen LogP contribution in [0.25, 0.3) is 22.4 Å². The van der Waals surface area contributed by atoms with E-state index in [1.807, 2.05) is 42.1 Å². The van der Waals surface area contributed by atoms with Gasteiger partial charge in [-0.05, 0) is 37.3 Å². The van der Waals surface area contributed by atoms with Crippen LogP contribution < -0.4 is 4.74 Å². The second-order valence-corrected chi connectivity index (χ2v) is 5.29. The minimum Gasteiger partial charge on any atom is -0.457 e. The molecular weight excluding hydrogens is 294 g/mol. The quantitative estimate of drug-likeness (QED) is 0.407. The third kappa shape index (κ3) is 3.13. The molecule has 0 aliphatic heterocycles. The van der Waals surface area contributed by atoms with Crippen molar-refractivity contribution in [2.45, 2.75) is 6.92 Å². The third-order valence-electron chi connectivity index (χ3n) is 3.45. The number of hydrogen-bond donors (Lipinski definition) is 0. The predicted octanol–water partition coefficient (Wildman–Crippen LogP) is 3.89. The van der Waals surface area contributed by atoms with Gasteiger partial charge in [0.2, 0.25) is 6.79 Å². The second kappa shape index (κ2) is 6.04. The van der Waals surface area contributed by atoms with Crippen molar-refractivity contribution in [3.8, 4) is 17.2 Å². The number of aromatic nitrogens is 1. The number of carbonyl (C=O) groups is 1. The van der Waals surface area contributed by atoms with Gasteiger partial charge in [0.15, 0.2) is 5.76 Å². The Bertz CT molecular complexity index is 872. The van der Waals surface area contributed by atoms with Crippen LogP contribution in [0.3, 0.4) is 0 Å². The molecule has 0 fully saturated rings. The van der Waals surface area contributed by atoms with Gasteiger partial charge in [0.05, 0.1) is 5.69 Å². The maximum atomic E-state index is 11.3. The number of hydrogen-bond acceptors (Lipinski definition) is 4. The van der Waals surface area contributed by atoms with E-state index in [4.69, 9.17) is 13.9 Å². The van der Waals surface area contributed by atoms with Crippen LogP contribution in [-0.2, 0) is 16.6 Å². The number of aryl methyl sites for hydroxylation is 1. The summed E-state index contributed by atoms with van der Waals surface area (Å²) in [6.07, 6.45) is 1.97. The largest absolute Gasteiger partial charge is 0.457 e. The van der Waals surface area contributed by atoms with Gasteiger partial charge in [-0.1, -0.05) is 6.58 Å². The Morgan fingerprint density at radius 1 is 1.30 bits per heavy atom. The van der Waals surface area contributed by atoms with Crippen molar-refractivity contribution in [1.29, 1.82) is 0 Å². The maximum absolute atomic E-state index is 11.3. The van der Waals surface area contributed by atoms with Crippen LogP contribution in [0.1, 0.15) is 6.92 Å². The van der Waals surface area contributed by atoms with E-state index in [0.29, 0.717) is 16.9 Å². The molecular formula is C18H17NO4. The van der Waals surface area contributed by atoms with Gasteiger partial charge in [-0.15, -0.1) is 0 Å². The summed E-state index contributed by atoms with van der Waals surface area (Å²) in [5, 5.41) is 0.979. The number of nitrogens with zero attached hydrogens (tertiary/aromatic N) is 1. The van der Waals surface area contributed by atoms with E-state index in [2.05, 4.69) is 6.58 Å². The summed E-state index contributed by atoms with van der Waals surface area (Å²) in [5.41, 5.74) is 2.05. The summed E-state index contributed by atoms with van der Waals surface area (Å²) in [6.45, 7) is 4.93. The number of carbonyl (C=O) groups excluding carboxylic acids is 1. The molecule has 0 atom stereocenters. The lowest BCUT2D eigenvalue weighted by Gasteiger charge is -2.06. The van der Waals surface area contributed by atoms with Crippen molar-refractivity contribution >= 4 is 16.9 Å². The molecule has 0 bridgehead atoms. The first-order chi connectivity index (χ1) is 11.0. The van der Waals surface area contributed by atoms with Crippen LogP contribution in [0.5, 0.6) is 5.75 Å². The molecule has 2 aromatic heterocycles. The summed E-state index contributed by atoms with van der Waals surface area (Å²) in [5.74, 6) is 0.883. The molecule has 118 valence electrons. The smallest absolute Gasteiger partial charge is 0.335 e. The van der Waals surface area contributed by atoms with Crippen LogP contribution >= 0.6 is 0 Å². The molecule has 2 heterocycles.